The molecule has 0 radical (unpaired) electrons. The number of hydrogen-bond acceptors (Lipinski definition) is 6. The maximum Gasteiger partial charge on any atom is 0.259 e. The molecule has 0 saturated heterocycles. The van der Waals surface area contributed by atoms with Crippen LogP contribution in [0.5, 0.6) is 5.75 Å². The zero-order chi connectivity index (χ0) is 27.4. The standard InChI is InChI=1S/C30H34N6O3.2ClH/c1-35(2)18-16-31-30-33-24-12-8-11-23(27(24)34-30)32-28(37)22-15-14-21(19-26(22)39-3)29(38)36-17-7-6-10-20-9-4-5-13-25(20)36;;/h4-5,8-9,11-15,19H,6-7,10,16-18H2,1-3H3,(H,32,37)(H2,31,33,34);2*1H. The zero-order valence-electron chi connectivity index (χ0n) is 23.4. The van der Waals surface area contributed by atoms with Crippen LogP contribution in [0.3, 0.4) is 0 Å². The number of nitrogens with zero attached hydrogens (tertiary/aromatic N) is 3. The first-order valence-corrected chi connectivity index (χ1v) is 13.2. The van der Waals surface area contributed by atoms with Crippen LogP contribution in [-0.2, 0) is 6.42 Å². The SMILES string of the molecule is COc1cc(C(=O)N2CCCCc3ccccc32)ccc1C(=O)Nc1cccc2[nH]c(NCCN(C)C)nc12.Cl.Cl. The maximum absolute atomic E-state index is 13.6. The van der Waals surface area contributed by atoms with Gasteiger partial charge >= 0.3 is 0 Å². The van der Waals surface area contributed by atoms with Gasteiger partial charge in [0.25, 0.3) is 11.8 Å². The molecule has 1 aromatic heterocycles. The lowest BCUT2D eigenvalue weighted by molar-refractivity contribution is 0.0982. The number of likely N-dealkylation sites (N-methyl/N-ethyl adjacent to an activating group) is 1. The van der Waals surface area contributed by atoms with Crippen LogP contribution >= 0.6 is 24.8 Å². The van der Waals surface area contributed by atoms with Crippen LogP contribution in [0.15, 0.2) is 60.7 Å². The van der Waals surface area contributed by atoms with Crippen LogP contribution in [0.2, 0.25) is 0 Å². The fraction of sp³-hybridized carbons (Fsp3) is 0.300. The molecule has 2 amide bonds. The molecular formula is C30H36Cl2N6O3. The van der Waals surface area contributed by atoms with E-state index >= 15 is 0 Å². The van der Waals surface area contributed by atoms with Gasteiger partial charge in [-0.2, -0.15) is 0 Å². The molecule has 0 saturated carbocycles. The first kappa shape index (κ1) is 31.7. The van der Waals surface area contributed by atoms with Crippen LogP contribution < -0.4 is 20.3 Å². The molecule has 41 heavy (non-hydrogen) atoms. The number of hydrogen-bond donors (Lipinski definition) is 3. The number of halogens is 2. The molecule has 0 fully saturated rings. The van der Waals surface area contributed by atoms with E-state index in [0.29, 0.717) is 40.6 Å². The number of carbonyl (C=O) groups excluding carboxylic acids is 2. The van der Waals surface area contributed by atoms with E-state index in [1.54, 1.807) is 18.2 Å². The lowest BCUT2D eigenvalue weighted by Crippen LogP contribution is -2.31. The second-order valence-electron chi connectivity index (χ2n) is 9.93. The number of aryl methyl sites for hydroxylation is 1. The van der Waals surface area contributed by atoms with Crippen LogP contribution in [0.4, 0.5) is 17.3 Å². The van der Waals surface area contributed by atoms with Crippen LogP contribution in [0.25, 0.3) is 11.0 Å². The summed E-state index contributed by atoms with van der Waals surface area (Å²) in [5.41, 5.74) is 4.98. The Kier molecular flexibility index (Phi) is 11.0. The number of ether oxygens (including phenoxy) is 1. The summed E-state index contributed by atoms with van der Waals surface area (Å²) in [6, 6.07) is 18.6. The second kappa shape index (κ2) is 14.2. The molecule has 0 aliphatic carbocycles. The fourth-order valence-corrected chi connectivity index (χ4v) is 4.87. The van der Waals surface area contributed by atoms with Gasteiger partial charge in [-0.3, -0.25) is 9.59 Å². The van der Waals surface area contributed by atoms with Gasteiger partial charge in [-0.25, -0.2) is 4.98 Å². The number of aromatic nitrogens is 2. The Morgan fingerprint density at radius 3 is 2.63 bits per heavy atom. The van der Waals surface area contributed by atoms with Crippen LogP contribution in [-0.4, -0.2) is 67.5 Å². The van der Waals surface area contributed by atoms with Gasteiger partial charge in [0.2, 0.25) is 5.95 Å². The van der Waals surface area contributed by atoms with E-state index in [9.17, 15) is 9.59 Å². The molecule has 9 nitrogen and oxygen atoms in total. The Labute approximate surface area is 252 Å². The molecule has 3 N–H and O–H groups in total. The minimum absolute atomic E-state index is 0. The van der Waals surface area contributed by atoms with Gasteiger partial charge in [0, 0.05) is 30.9 Å². The second-order valence-corrected chi connectivity index (χ2v) is 9.93. The van der Waals surface area contributed by atoms with Crippen molar-refractivity contribution in [2.75, 3.05) is 56.4 Å². The molecule has 4 aromatic rings. The van der Waals surface area contributed by atoms with E-state index in [1.165, 1.54) is 12.7 Å². The highest BCUT2D eigenvalue weighted by atomic mass is 35.5. The van der Waals surface area contributed by atoms with Gasteiger partial charge in [-0.15, -0.1) is 24.8 Å². The van der Waals surface area contributed by atoms with Crippen molar-refractivity contribution >= 4 is 65.0 Å². The van der Waals surface area contributed by atoms with E-state index in [0.717, 1.165) is 43.6 Å². The smallest absolute Gasteiger partial charge is 0.259 e. The summed E-state index contributed by atoms with van der Waals surface area (Å²) in [6.45, 7) is 2.25. The average Bonchev–Trinajstić information content (AvgIpc) is 3.24. The van der Waals surface area contributed by atoms with Crippen molar-refractivity contribution in [3.8, 4) is 5.75 Å². The minimum Gasteiger partial charge on any atom is -0.496 e. The summed E-state index contributed by atoms with van der Waals surface area (Å²) in [5.74, 6) is 0.527. The summed E-state index contributed by atoms with van der Waals surface area (Å²) in [4.78, 5) is 38.7. The highest BCUT2D eigenvalue weighted by molar-refractivity contribution is 6.11. The average molecular weight is 600 g/mol. The van der Waals surface area contributed by atoms with Crippen molar-refractivity contribution in [3.63, 3.8) is 0 Å². The molecule has 0 unspecified atom stereocenters. The Morgan fingerprint density at radius 1 is 1.05 bits per heavy atom. The summed E-state index contributed by atoms with van der Waals surface area (Å²) in [6.07, 6.45) is 2.93. The third-order valence-corrected chi connectivity index (χ3v) is 6.91. The monoisotopic (exact) mass is 598 g/mol. The van der Waals surface area contributed by atoms with Crippen molar-refractivity contribution in [1.82, 2.24) is 14.9 Å². The van der Waals surface area contributed by atoms with E-state index in [-0.39, 0.29) is 36.6 Å². The molecule has 1 aliphatic rings. The number of amides is 2. The quantitative estimate of drug-likeness (QED) is 0.243. The summed E-state index contributed by atoms with van der Waals surface area (Å²) in [5, 5.41) is 6.24. The number of anilines is 3. The molecule has 2 heterocycles. The topological polar surface area (TPSA) is 103 Å². The number of aromatic amines is 1. The van der Waals surface area contributed by atoms with E-state index in [4.69, 9.17) is 4.74 Å². The van der Waals surface area contributed by atoms with Gasteiger partial charge in [0.15, 0.2) is 0 Å². The van der Waals surface area contributed by atoms with Crippen molar-refractivity contribution in [2.45, 2.75) is 19.3 Å². The number of methoxy groups -OCH3 is 1. The Balaban J connectivity index is 0.00000231. The largest absolute Gasteiger partial charge is 0.496 e. The number of nitrogens with one attached hydrogen (secondary N) is 3. The first-order valence-electron chi connectivity index (χ1n) is 13.2. The Morgan fingerprint density at radius 2 is 1.85 bits per heavy atom. The summed E-state index contributed by atoms with van der Waals surface area (Å²) < 4.78 is 5.56. The third kappa shape index (κ3) is 7.11. The molecule has 5 rings (SSSR count). The number of benzene rings is 3. The molecule has 0 bridgehead atoms. The van der Waals surface area contributed by atoms with E-state index < -0.39 is 0 Å². The van der Waals surface area contributed by atoms with E-state index in [1.807, 2.05) is 55.4 Å². The lowest BCUT2D eigenvalue weighted by Gasteiger charge is -2.23. The number of imidazole rings is 1. The Hall–Kier alpha value is -3.79. The normalized spacial score (nSPS) is 12.5. The van der Waals surface area contributed by atoms with Gasteiger partial charge in [-0.1, -0.05) is 24.3 Å². The lowest BCUT2D eigenvalue weighted by atomic mass is 10.1. The first-order chi connectivity index (χ1) is 18.9. The van der Waals surface area contributed by atoms with Crippen molar-refractivity contribution in [3.05, 3.63) is 77.4 Å². The van der Waals surface area contributed by atoms with Gasteiger partial charge < -0.3 is 30.2 Å². The number of para-hydroxylation sites is 2. The minimum atomic E-state index is -0.344. The number of H-pyrrole nitrogens is 1. The number of rotatable bonds is 8. The molecule has 218 valence electrons. The van der Waals surface area contributed by atoms with Gasteiger partial charge in [0.05, 0.1) is 23.9 Å². The maximum atomic E-state index is 13.6. The van der Waals surface area contributed by atoms with Crippen molar-refractivity contribution in [1.29, 1.82) is 0 Å². The van der Waals surface area contributed by atoms with Crippen molar-refractivity contribution < 1.29 is 14.3 Å². The molecule has 0 atom stereocenters. The Bertz CT molecular complexity index is 1510. The summed E-state index contributed by atoms with van der Waals surface area (Å²) >= 11 is 0. The molecule has 1 aliphatic heterocycles. The van der Waals surface area contributed by atoms with E-state index in [2.05, 4.69) is 31.6 Å². The number of carbonyl (C=O) groups is 2. The van der Waals surface area contributed by atoms with Crippen LogP contribution in [0.1, 0.15) is 39.1 Å². The summed E-state index contributed by atoms with van der Waals surface area (Å²) in [7, 11) is 5.53. The van der Waals surface area contributed by atoms with Crippen LogP contribution in [0, 0.1) is 0 Å². The zero-order valence-corrected chi connectivity index (χ0v) is 25.0. The highest BCUT2D eigenvalue weighted by Crippen LogP contribution is 2.30. The molecular weight excluding hydrogens is 563 g/mol. The van der Waals surface area contributed by atoms with Gasteiger partial charge in [-0.05, 0) is 75.3 Å². The molecule has 0 spiro atoms. The molecule has 11 heteroatoms. The fourth-order valence-electron chi connectivity index (χ4n) is 4.87. The third-order valence-electron chi connectivity index (χ3n) is 6.91. The molecule has 3 aromatic carbocycles. The number of fused-ring (bicyclic) bond motifs is 2. The highest BCUT2D eigenvalue weighted by Gasteiger charge is 2.24. The van der Waals surface area contributed by atoms with Crippen molar-refractivity contribution in [2.24, 2.45) is 0 Å². The van der Waals surface area contributed by atoms with Gasteiger partial charge in [0.1, 0.15) is 11.3 Å². The predicted molar refractivity (Wildman–Crippen MR) is 170 cm³/mol. The predicted octanol–water partition coefficient (Wildman–Crippen LogP) is 5.62.